The van der Waals surface area contributed by atoms with Crippen LogP contribution in [0.2, 0.25) is 0 Å². The van der Waals surface area contributed by atoms with E-state index in [2.05, 4.69) is 6.92 Å². The van der Waals surface area contributed by atoms with Crippen LogP contribution in [0.4, 0.5) is 4.79 Å². The number of para-hydroxylation sites is 1. The third-order valence-corrected chi connectivity index (χ3v) is 2.48. The summed E-state index contributed by atoms with van der Waals surface area (Å²) in [7, 11) is 0. The maximum absolute atomic E-state index is 11.3. The van der Waals surface area contributed by atoms with E-state index in [0.29, 0.717) is 12.4 Å². The van der Waals surface area contributed by atoms with Crippen LogP contribution in [0, 0.1) is 5.41 Å². The topological polar surface area (TPSA) is 35.5 Å². The molecule has 3 heteroatoms. The van der Waals surface area contributed by atoms with Gasteiger partial charge < -0.3 is 9.47 Å². The van der Waals surface area contributed by atoms with Crippen LogP contribution in [-0.2, 0) is 4.74 Å². The van der Waals surface area contributed by atoms with Gasteiger partial charge in [0, 0.05) is 0 Å². The van der Waals surface area contributed by atoms with E-state index in [-0.39, 0.29) is 5.41 Å². The van der Waals surface area contributed by atoms with E-state index >= 15 is 0 Å². The Bertz CT molecular complexity index is 330. The fourth-order valence-corrected chi connectivity index (χ4v) is 0.971. The number of carbonyl (C=O) groups excluding carboxylic acids is 1. The molecule has 0 bridgehead atoms. The Hall–Kier alpha value is -1.51. The molecule has 0 aliphatic heterocycles. The molecule has 0 amide bonds. The summed E-state index contributed by atoms with van der Waals surface area (Å²) in [5.74, 6) is 0.502. The lowest BCUT2D eigenvalue weighted by molar-refractivity contribution is 0.0619. The molecule has 0 aliphatic rings. The van der Waals surface area contributed by atoms with E-state index in [1.807, 2.05) is 19.9 Å². The van der Waals surface area contributed by atoms with Gasteiger partial charge >= 0.3 is 6.16 Å². The van der Waals surface area contributed by atoms with E-state index in [9.17, 15) is 4.79 Å². The van der Waals surface area contributed by atoms with Crippen molar-refractivity contribution in [2.45, 2.75) is 27.2 Å². The first kappa shape index (κ1) is 12.6. The van der Waals surface area contributed by atoms with Crippen molar-refractivity contribution in [3.05, 3.63) is 30.3 Å². The SMILES string of the molecule is CCC(C)(C)COC(=O)Oc1ccccc1. The van der Waals surface area contributed by atoms with E-state index in [4.69, 9.17) is 9.47 Å². The molecule has 0 atom stereocenters. The van der Waals surface area contributed by atoms with Crippen molar-refractivity contribution >= 4 is 6.16 Å². The molecule has 88 valence electrons. The summed E-state index contributed by atoms with van der Waals surface area (Å²) < 4.78 is 10.0. The van der Waals surface area contributed by atoms with Gasteiger partial charge in [-0.2, -0.15) is 0 Å². The Balaban J connectivity index is 2.38. The highest BCUT2D eigenvalue weighted by atomic mass is 16.7. The van der Waals surface area contributed by atoms with Crippen LogP contribution in [0.25, 0.3) is 0 Å². The molecule has 0 aromatic heterocycles. The van der Waals surface area contributed by atoms with E-state index in [1.165, 1.54) is 0 Å². The predicted octanol–water partition coefficient (Wildman–Crippen LogP) is 3.64. The molecule has 0 saturated heterocycles. The predicted molar refractivity (Wildman–Crippen MR) is 62.5 cm³/mol. The second kappa shape index (κ2) is 5.54. The second-order valence-electron chi connectivity index (χ2n) is 4.47. The van der Waals surface area contributed by atoms with Crippen LogP contribution in [-0.4, -0.2) is 12.8 Å². The van der Waals surface area contributed by atoms with Gasteiger partial charge in [0.05, 0.1) is 0 Å². The molecule has 0 fully saturated rings. The monoisotopic (exact) mass is 222 g/mol. The van der Waals surface area contributed by atoms with Gasteiger partial charge in [-0.3, -0.25) is 0 Å². The summed E-state index contributed by atoms with van der Waals surface area (Å²) in [6.45, 7) is 6.52. The first-order chi connectivity index (χ1) is 7.53. The van der Waals surface area contributed by atoms with E-state index in [1.54, 1.807) is 24.3 Å². The van der Waals surface area contributed by atoms with Crippen molar-refractivity contribution in [1.82, 2.24) is 0 Å². The molecule has 0 aliphatic carbocycles. The Morgan fingerprint density at radius 3 is 2.44 bits per heavy atom. The quantitative estimate of drug-likeness (QED) is 0.576. The van der Waals surface area contributed by atoms with Gasteiger partial charge in [0.25, 0.3) is 0 Å². The molecule has 1 rings (SSSR count). The minimum atomic E-state index is -0.646. The van der Waals surface area contributed by atoms with Crippen molar-refractivity contribution in [2.24, 2.45) is 5.41 Å². The van der Waals surface area contributed by atoms with E-state index < -0.39 is 6.16 Å². The van der Waals surface area contributed by atoms with Crippen molar-refractivity contribution in [3.8, 4) is 5.75 Å². The fraction of sp³-hybridized carbons (Fsp3) is 0.462. The number of carbonyl (C=O) groups is 1. The van der Waals surface area contributed by atoms with Gasteiger partial charge in [0.15, 0.2) is 0 Å². The summed E-state index contributed by atoms with van der Waals surface area (Å²) in [5, 5.41) is 0. The zero-order valence-corrected chi connectivity index (χ0v) is 10.0. The Morgan fingerprint density at radius 1 is 1.25 bits per heavy atom. The van der Waals surface area contributed by atoms with Gasteiger partial charge in [0.1, 0.15) is 12.4 Å². The normalized spacial score (nSPS) is 10.9. The average Bonchev–Trinajstić information content (AvgIpc) is 2.28. The zero-order chi connectivity index (χ0) is 12.0. The van der Waals surface area contributed by atoms with Crippen LogP contribution in [0.3, 0.4) is 0 Å². The Morgan fingerprint density at radius 2 is 1.88 bits per heavy atom. The molecule has 1 aromatic rings. The summed E-state index contributed by atoms with van der Waals surface area (Å²) in [6.07, 6.45) is 0.304. The Labute approximate surface area is 96.4 Å². The molecule has 0 heterocycles. The van der Waals surface area contributed by atoms with Crippen molar-refractivity contribution in [3.63, 3.8) is 0 Å². The number of rotatable bonds is 4. The molecule has 3 nitrogen and oxygen atoms in total. The largest absolute Gasteiger partial charge is 0.513 e. The third kappa shape index (κ3) is 4.34. The van der Waals surface area contributed by atoms with Crippen LogP contribution in [0.1, 0.15) is 27.2 Å². The second-order valence-corrected chi connectivity index (χ2v) is 4.47. The minimum absolute atomic E-state index is 0.00426. The maximum Gasteiger partial charge on any atom is 0.513 e. The first-order valence-electron chi connectivity index (χ1n) is 5.43. The number of benzene rings is 1. The molecule has 16 heavy (non-hydrogen) atoms. The van der Waals surface area contributed by atoms with Crippen molar-refractivity contribution < 1.29 is 14.3 Å². The zero-order valence-electron chi connectivity index (χ0n) is 10.0. The van der Waals surface area contributed by atoms with Crippen LogP contribution in [0.5, 0.6) is 5.75 Å². The van der Waals surface area contributed by atoms with Crippen molar-refractivity contribution in [1.29, 1.82) is 0 Å². The summed E-state index contributed by atoms with van der Waals surface area (Å²) in [4.78, 5) is 11.3. The molecular weight excluding hydrogens is 204 g/mol. The van der Waals surface area contributed by atoms with Gasteiger partial charge in [-0.25, -0.2) is 4.79 Å². The minimum Gasteiger partial charge on any atom is -0.433 e. The lowest BCUT2D eigenvalue weighted by Crippen LogP contribution is -2.22. The molecule has 0 spiro atoms. The van der Waals surface area contributed by atoms with Gasteiger partial charge in [-0.15, -0.1) is 0 Å². The van der Waals surface area contributed by atoms with Crippen LogP contribution in [0.15, 0.2) is 30.3 Å². The van der Waals surface area contributed by atoms with Gasteiger partial charge in [-0.1, -0.05) is 39.0 Å². The highest BCUT2D eigenvalue weighted by molar-refractivity contribution is 5.63. The maximum atomic E-state index is 11.3. The van der Waals surface area contributed by atoms with Crippen LogP contribution >= 0.6 is 0 Å². The van der Waals surface area contributed by atoms with Crippen molar-refractivity contribution in [2.75, 3.05) is 6.61 Å². The van der Waals surface area contributed by atoms with E-state index in [0.717, 1.165) is 6.42 Å². The standard InChI is InChI=1S/C13H18O3/c1-4-13(2,3)10-15-12(14)16-11-8-6-5-7-9-11/h5-9H,4,10H2,1-3H3. The highest BCUT2D eigenvalue weighted by Crippen LogP contribution is 2.20. The van der Waals surface area contributed by atoms with Gasteiger partial charge in [-0.05, 0) is 24.0 Å². The lowest BCUT2D eigenvalue weighted by Gasteiger charge is -2.21. The average molecular weight is 222 g/mol. The molecular formula is C13H18O3. The number of ether oxygens (including phenoxy) is 2. The smallest absolute Gasteiger partial charge is 0.433 e. The number of hydrogen-bond acceptors (Lipinski definition) is 3. The Kier molecular flexibility index (Phi) is 4.35. The van der Waals surface area contributed by atoms with Gasteiger partial charge in [0.2, 0.25) is 0 Å². The molecule has 0 saturated carbocycles. The van der Waals surface area contributed by atoms with Crippen LogP contribution < -0.4 is 4.74 Å². The lowest BCUT2D eigenvalue weighted by atomic mass is 9.92. The summed E-state index contributed by atoms with van der Waals surface area (Å²) >= 11 is 0. The molecule has 1 aromatic carbocycles. The summed E-state index contributed by atoms with van der Waals surface area (Å²) in [5.41, 5.74) is -0.00426. The molecule has 0 N–H and O–H groups in total. The molecule has 0 radical (unpaired) electrons. The molecule has 0 unspecified atom stereocenters. The first-order valence-corrected chi connectivity index (χ1v) is 5.43. The summed E-state index contributed by atoms with van der Waals surface area (Å²) in [6, 6.07) is 8.90. The highest BCUT2D eigenvalue weighted by Gasteiger charge is 2.18. The fourth-order valence-electron chi connectivity index (χ4n) is 0.971. The number of hydrogen-bond donors (Lipinski definition) is 0. The third-order valence-electron chi connectivity index (χ3n) is 2.48.